The van der Waals surface area contributed by atoms with Crippen molar-refractivity contribution in [3.63, 3.8) is 0 Å². The number of nitrogens with one attached hydrogen (secondary N) is 1. The second-order valence-electron chi connectivity index (χ2n) is 4.82. The molecule has 0 amide bonds. The van der Waals surface area contributed by atoms with Gasteiger partial charge in [0.2, 0.25) is 0 Å². The molecule has 1 fully saturated rings. The Bertz CT molecular complexity index is 476. The predicted octanol–water partition coefficient (Wildman–Crippen LogP) is 3.53. The van der Waals surface area contributed by atoms with Gasteiger partial charge in [-0.05, 0) is 31.9 Å². The summed E-state index contributed by atoms with van der Waals surface area (Å²) in [7, 11) is 1.66. The van der Waals surface area contributed by atoms with Gasteiger partial charge in [0, 0.05) is 30.2 Å². The minimum absolute atomic E-state index is 0. The van der Waals surface area contributed by atoms with Crippen molar-refractivity contribution in [3.05, 3.63) is 28.8 Å². The van der Waals surface area contributed by atoms with E-state index >= 15 is 0 Å². The van der Waals surface area contributed by atoms with Crippen LogP contribution in [0.3, 0.4) is 0 Å². The zero-order chi connectivity index (χ0) is 14.4. The highest BCUT2D eigenvalue weighted by Crippen LogP contribution is 2.23. The fourth-order valence-electron chi connectivity index (χ4n) is 2.36. The molecule has 1 aliphatic rings. The van der Waals surface area contributed by atoms with Gasteiger partial charge in [0.15, 0.2) is 5.96 Å². The molecule has 0 radical (unpaired) electrons. The molecule has 6 heteroatoms. The number of nitrogens with zero attached hydrogens (tertiary/aromatic N) is 2. The summed E-state index contributed by atoms with van der Waals surface area (Å²) in [5.41, 5.74) is 1.05. The SMILES string of the molecule is CCNC(=NCc1ccc(Cl)cc1OC)N1CCCC1.I. The van der Waals surface area contributed by atoms with Crippen molar-refractivity contribution in [1.82, 2.24) is 10.2 Å². The molecular weight excluding hydrogens is 401 g/mol. The van der Waals surface area contributed by atoms with Crippen LogP contribution >= 0.6 is 35.6 Å². The third kappa shape index (κ3) is 5.21. The number of guanidine groups is 1. The van der Waals surface area contributed by atoms with Crippen LogP contribution < -0.4 is 10.1 Å². The van der Waals surface area contributed by atoms with Crippen LogP contribution in [0.5, 0.6) is 5.75 Å². The average molecular weight is 424 g/mol. The van der Waals surface area contributed by atoms with Crippen molar-refractivity contribution in [2.45, 2.75) is 26.3 Å². The van der Waals surface area contributed by atoms with Crippen LogP contribution in [0.1, 0.15) is 25.3 Å². The Morgan fingerprint density at radius 3 is 2.71 bits per heavy atom. The monoisotopic (exact) mass is 423 g/mol. The molecule has 1 aliphatic heterocycles. The quantitative estimate of drug-likeness (QED) is 0.457. The summed E-state index contributed by atoms with van der Waals surface area (Å²) in [6.07, 6.45) is 2.49. The minimum Gasteiger partial charge on any atom is -0.496 e. The van der Waals surface area contributed by atoms with E-state index in [2.05, 4.69) is 17.1 Å². The molecule has 0 spiro atoms. The van der Waals surface area contributed by atoms with Crippen LogP contribution in [0.25, 0.3) is 0 Å². The smallest absolute Gasteiger partial charge is 0.194 e. The summed E-state index contributed by atoms with van der Waals surface area (Å²) in [6, 6.07) is 5.67. The third-order valence-corrected chi connectivity index (χ3v) is 3.62. The van der Waals surface area contributed by atoms with E-state index in [-0.39, 0.29) is 24.0 Å². The van der Waals surface area contributed by atoms with Crippen molar-refractivity contribution in [2.24, 2.45) is 4.99 Å². The van der Waals surface area contributed by atoms with Crippen LogP contribution in [-0.4, -0.2) is 37.6 Å². The lowest BCUT2D eigenvalue weighted by atomic mass is 10.2. The highest BCUT2D eigenvalue weighted by atomic mass is 127. The van der Waals surface area contributed by atoms with Gasteiger partial charge in [0.25, 0.3) is 0 Å². The van der Waals surface area contributed by atoms with Crippen LogP contribution in [0, 0.1) is 0 Å². The molecule has 118 valence electrons. The first-order valence-corrected chi connectivity index (χ1v) is 7.48. The van der Waals surface area contributed by atoms with Crippen LogP contribution in [0.2, 0.25) is 5.02 Å². The molecule has 0 bridgehead atoms. The fourth-order valence-corrected chi connectivity index (χ4v) is 2.53. The summed E-state index contributed by atoms with van der Waals surface area (Å²) in [5.74, 6) is 1.78. The Morgan fingerprint density at radius 1 is 1.38 bits per heavy atom. The van der Waals surface area contributed by atoms with Crippen molar-refractivity contribution in [2.75, 3.05) is 26.7 Å². The molecule has 1 N–H and O–H groups in total. The van der Waals surface area contributed by atoms with Gasteiger partial charge < -0.3 is 15.0 Å². The maximum absolute atomic E-state index is 5.98. The van der Waals surface area contributed by atoms with E-state index in [9.17, 15) is 0 Å². The molecule has 0 unspecified atom stereocenters. The summed E-state index contributed by atoms with van der Waals surface area (Å²) in [6.45, 7) is 5.74. The summed E-state index contributed by atoms with van der Waals surface area (Å²) < 4.78 is 5.36. The third-order valence-electron chi connectivity index (χ3n) is 3.39. The minimum atomic E-state index is 0. The van der Waals surface area contributed by atoms with Gasteiger partial charge in [-0.25, -0.2) is 4.99 Å². The zero-order valence-electron chi connectivity index (χ0n) is 12.6. The zero-order valence-corrected chi connectivity index (χ0v) is 15.6. The van der Waals surface area contributed by atoms with Crippen molar-refractivity contribution in [3.8, 4) is 5.75 Å². The number of hydrogen-bond donors (Lipinski definition) is 1. The van der Waals surface area contributed by atoms with Crippen LogP contribution in [0.15, 0.2) is 23.2 Å². The number of ether oxygens (including phenoxy) is 1. The van der Waals surface area contributed by atoms with E-state index in [4.69, 9.17) is 21.3 Å². The first kappa shape index (κ1) is 18.4. The van der Waals surface area contributed by atoms with E-state index in [0.717, 1.165) is 36.9 Å². The number of aliphatic imine (C=N–C) groups is 1. The van der Waals surface area contributed by atoms with Crippen LogP contribution in [0.4, 0.5) is 0 Å². The Morgan fingerprint density at radius 2 is 2.10 bits per heavy atom. The largest absolute Gasteiger partial charge is 0.496 e. The van der Waals surface area contributed by atoms with Crippen molar-refractivity contribution < 1.29 is 4.74 Å². The summed E-state index contributed by atoms with van der Waals surface area (Å²) >= 11 is 5.98. The van der Waals surface area contributed by atoms with Gasteiger partial charge in [-0.2, -0.15) is 0 Å². The van der Waals surface area contributed by atoms with E-state index in [1.165, 1.54) is 12.8 Å². The van der Waals surface area contributed by atoms with E-state index in [1.807, 2.05) is 18.2 Å². The van der Waals surface area contributed by atoms with Gasteiger partial charge in [0.1, 0.15) is 5.75 Å². The first-order chi connectivity index (χ1) is 9.74. The molecule has 0 aliphatic carbocycles. The molecule has 0 atom stereocenters. The van der Waals surface area contributed by atoms with E-state index in [1.54, 1.807) is 7.11 Å². The van der Waals surface area contributed by atoms with Gasteiger partial charge in [-0.3, -0.25) is 0 Å². The lowest BCUT2D eigenvalue weighted by Crippen LogP contribution is -2.39. The standard InChI is InChI=1S/C15H22ClN3O.HI/c1-3-17-15(19-8-4-5-9-19)18-11-12-6-7-13(16)10-14(12)20-2;/h6-7,10H,3-5,8-9,11H2,1-2H3,(H,17,18);1H. The number of benzene rings is 1. The number of hydrogen-bond acceptors (Lipinski definition) is 2. The van der Waals surface area contributed by atoms with Gasteiger partial charge in [-0.1, -0.05) is 17.7 Å². The molecule has 0 saturated carbocycles. The molecule has 1 heterocycles. The Labute approximate surface area is 148 Å². The average Bonchev–Trinajstić information content (AvgIpc) is 2.98. The maximum atomic E-state index is 5.98. The van der Waals surface area contributed by atoms with Crippen LogP contribution in [-0.2, 0) is 6.54 Å². The molecule has 4 nitrogen and oxygen atoms in total. The highest BCUT2D eigenvalue weighted by Gasteiger charge is 2.15. The second-order valence-corrected chi connectivity index (χ2v) is 5.26. The number of rotatable bonds is 4. The normalized spacial score (nSPS) is 14.8. The molecule has 0 aromatic heterocycles. The molecule has 21 heavy (non-hydrogen) atoms. The summed E-state index contributed by atoms with van der Waals surface area (Å²) in [5, 5.41) is 4.03. The predicted molar refractivity (Wildman–Crippen MR) is 99.0 cm³/mol. The Hall–Kier alpha value is -0.690. The van der Waals surface area contributed by atoms with Gasteiger partial charge in [-0.15, -0.1) is 24.0 Å². The second kappa shape index (κ2) is 9.35. The first-order valence-electron chi connectivity index (χ1n) is 7.10. The molecular formula is C15H23ClIN3O. The highest BCUT2D eigenvalue weighted by molar-refractivity contribution is 14.0. The van der Waals surface area contributed by atoms with E-state index in [0.29, 0.717) is 11.6 Å². The molecule has 2 rings (SSSR count). The molecule has 1 saturated heterocycles. The van der Waals surface area contributed by atoms with Gasteiger partial charge in [0.05, 0.1) is 13.7 Å². The molecule has 1 aromatic carbocycles. The fraction of sp³-hybridized carbons (Fsp3) is 0.533. The number of likely N-dealkylation sites (tertiary alicyclic amines) is 1. The van der Waals surface area contributed by atoms with Crippen molar-refractivity contribution in [1.29, 1.82) is 0 Å². The Kier molecular flexibility index (Phi) is 8.18. The topological polar surface area (TPSA) is 36.9 Å². The number of halogens is 2. The Balaban J connectivity index is 0.00000220. The summed E-state index contributed by atoms with van der Waals surface area (Å²) in [4.78, 5) is 7.02. The van der Waals surface area contributed by atoms with Gasteiger partial charge >= 0.3 is 0 Å². The van der Waals surface area contributed by atoms with Crippen molar-refractivity contribution >= 4 is 41.5 Å². The lowest BCUT2D eigenvalue weighted by molar-refractivity contribution is 0.409. The number of methoxy groups -OCH3 is 1. The molecule has 1 aromatic rings. The maximum Gasteiger partial charge on any atom is 0.194 e. The van der Waals surface area contributed by atoms with E-state index < -0.39 is 0 Å². The lowest BCUT2D eigenvalue weighted by Gasteiger charge is -2.20.